The molecule has 0 heterocycles. The number of Topliss-reactive ketones (excluding diaryl/α,β-unsaturated/α-hetero) is 2. The maximum absolute atomic E-state index is 12.2. The molecule has 0 spiro atoms. The highest BCUT2D eigenvalue weighted by atomic mass is 19.1. The molecule has 0 aliphatic heterocycles. The molecule has 0 aromatic rings. The third-order valence-corrected chi connectivity index (χ3v) is 1.29. The molecular formula is C6H7FO2. The molecule has 0 radical (unpaired) electrons. The van der Waals surface area contributed by atoms with Gasteiger partial charge in [0.2, 0.25) is 0 Å². The predicted octanol–water partition coefficient (Wildman–Crippen LogP) is 0.647. The molecule has 0 N–H and O–H groups in total. The smallest absolute Gasteiger partial charge is 0.143 e. The average Bonchev–Trinajstić information content (AvgIpc) is 1.59. The summed E-state index contributed by atoms with van der Waals surface area (Å²) < 4.78 is 12.2. The lowest BCUT2D eigenvalue weighted by Gasteiger charge is -2.10. The summed E-state index contributed by atoms with van der Waals surface area (Å²) in [5.74, 6) is -0.530. The highest BCUT2D eigenvalue weighted by Crippen LogP contribution is 2.14. The molecule has 1 saturated carbocycles. The Bertz CT molecular complexity index is 137. The van der Waals surface area contributed by atoms with Crippen molar-refractivity contribution in [1.82, 2.24) is 0 Å². The molecule has 9 heavy (non-hydrogen) atoms. The normalized spacial score (nSPS) is 22.8. The summed E-state index contributed by atoms with van der Waals surface area (Å²) in [4.78, 5) is 20.8. The van der Waals surface area contributed by atoms with Crippen molar-refractivity contribution in [2.75, 3.05) is 0 Å². The molecule has 1 aliphatic rings. The first kappa shape index (κ1) is 6.39. The Morgan fingerprint density at radius 1 is 1.22 bits per heavy atom. The van der Waals surface area contributed by atoms with E-state index in [0.29, 0.717) is 0 Å². The van der Waals surface area contributed by atoms with Crippen LogP contribution in [0.3, 0.4) is 0 Å². The Labute approximate surface area is 52.0 Å². The number of carbonyl (C=O) groups excluding carboxylic acids is 2. The van der Waals surface area contributed by atoms with Gasteiger partial charge in [0.15, 0.2) is 0 Å². The first-order valence-electron chi connectivity index (χ1n) is 2.86. The molecule has 1 rings (SSSR count). The predicted molar refractivity (Wildman–Crippen MR) is 28.8 cm³/mol. The summed E-state index contributed by atoms with van der Waals surface area (Å²) in [5.41, 5.74) is 0. The van der Waals surface area contributed by atoms with Crippen molar-refractivity contribution in [1.29, 1.82) is 0 Å². The molecule has 0 saturated heterocycles. The third-order valence-electron chi connectivity index (χ3n) is 1.29. The van der Waals surface area contributed by atoms with Gasteiger partial charge in [-0.1, -0.05) is 0 Å². The number of hydrogen-bond acceptors (Lipinski definition) is 2. The average molecular weight is 130 g/mol. The molecule has 0 aromatic carbocycles. The van der Waals surface area contributed by atoms with E-state index in [2.05, 4.69) is 0 Å². The van der Waals surface area contributed by atoms with Gasteiger partial charge in [0, 0.05) is 12.8 Å². The second kappa shape index (κ2) is 2.25. The van der Waals surface area contributed by atoms with Crippen LogP contribution in [-0.4, -0.2) is 17.7 Å². The van der Waals surface area contributed by atoms with E-state index in [0.717, 1.165) is 0 Å². The molecule has 0 amide bonds. The Balaban J connectivity index is 2.53. The maximum atomic E-state index is 12.2. The van der Waals surface area contributed by atoms with Crippen LogP contribution in [0.1, 0.15) is 19.3 Å². The summed E-state index contributed by atoms with van der Waals surface area (Å²) in [5, 5.41) is 0. The van der Waals surface area contributed by atoms with E-state index in [1.165, 1.54) is 0 Å². The SMILES string of the molecule is O=C1CC(=O)CC(F)C1. The standard InChI is InChI=1S/C6H7FO2/c7-4-1-5(8)3-6(9)2-4/h4H,1-3H2. The first-order chi connectivity index (χ1) is 4.18. The van der Waals surface area contributed by atoms with Crippen LogP contribution >= 0.6 is 0 Å². The summed E-state index contributed by atoms with van der Waals surface area (Å²) in [6.45, 7) is 0. The van der Waals surface area contributed by atoms with Gasteiger partial charge in [-0.25, -0.2) is 4.39 Å². The second-order valence-corrected chi connectivity index (χ2v) is 2.26. The number of hydrogen-bond donors (Lipinski definition) is 0. The fourth-order valence-corrected chi connectivity index (χ4v) is 0.930. The molecule has 0 unspecified atom stereocenters. The Morgan fingerprint density at radius 2 is 1.67 bits per heavy atom. The van der Waals surface area contributed by atoms with Gasteiger partial charge in [-0.05, 0) is 0 Å². The number of carbonyl (C=O) groups is 2. The molecule has 0 atom stereocenters. The quantitative estimate of drug-likeness (QED) is 0.451. The summed E-state index contributed by atoms with van der Waals surface area (Å²) >= 11 is 0. The van der Waals surface area contributed by atoms with Crippen molar-refractivity contribution in [2.24, 2.45) is 0 Å². The van der Waals surface area contributed by atoms with E-state index in [9.17, 15) is 14.0 Å². The Morgan fingerprint density at radius 3 is 2.00 bits per heavy atom. The Kier molecular flexibility index (Phi) is 1.60. The number of rotatable bonds is 0. The minimum atomic E-state index is -1.21. The molecule has 3 heteroatoms. The van der Waals surface area contributed by atoms with Gasteiger partial charge >= 0.3 is 0 Å². The van der Waals surface area contributed by atoms with Gasteiger partial charge in [-0.15, -0.1) is 0 Å². The van der Waals surface area contributed by atoms with Crippen LogP contribution in [0.2, 0.25) is 0 Å². The Hall–Kier alpha value is -0.730. The van der Waals surface area contributed by atoms with Crippen molar-refractivity contribution >= 4 is 11.6 Å². The highest BCUT2D eigenvalue weighted by Gasteiger charge is 2.24. The van der Waals surface area contributed by atoms with Crippen LogP contribution in [0.15, 0.2) is 0 Å². The zero-order valence-electron chi connectivity index (χ0n) is 4.89. The van der Waals surface area contributed by atoms with Gasteiger partial charge in [0.1, 0.15) is 17.7 Å². The van der Waals surface area contributed by atoms with Crippen LogP contribution in [0.4, 0.5) is 4.39 Å². The van der Waals surface area contributed by atoms with Crippen molar-refractivity contribution < 1.29 is 14.0 Å². The van der Waals surface area contributed by atoms with Crippen LogP contribution in [0.5, 0.6) is 0 Å². The van der Waals surface area contributed by atoms with Crippen molar-refractivity contribution in [3.05, 3.63) is 0 Å². The molecule has 50 valence electrons. The van der Waals surface area contributed by atoms with Crippen molar-refractivity contribution in [2.45, 2.75) is 25.4 Å². The zero-order valence-corrected chi connectivity index (χ0v) is 4.89. The van der Waals surface area contributed by atoms with Crippen molar-refractivity contribution in [3.63, 3.8) is 0 Å². The molecule has 1 fully saturated rings. The maximum Gasteiger partial charge on any atom is 0.143 e. The molecule has 2 nitrogen and oxygen atoms in total. The minimum Gasteiger partial charge on any atom is -0.299 e. The van der Waals surface area contributed by atoms with Gasteiger partial charge in [-0.3, -0.25) is 9.59 Å². The van der Waals surface area contributed by atoms with Crippen LogP contribution in [0.25, 0.3) is 0 Å². The van der Waals surface area contributed by atoms with E-state index in [-0.39, 0.29) is 30.8 Å². The largest absolute Gasteiger partial charge is 0.299 e. The first-order valence-corrected chi connectivity index (χ1v) is 2.86. The zero-order chi connectivity index (χ0) is 6.85. The van der Waals surface area contributed by atoms with Crippen LogP contribution in [-0.2, 0) is 9.59 Å². The summed E-state index contributed by atoms with van der Waals surface area (Å²) in [6.07, 6.45) is -1.39. The lowest BCUT2D eigenvalue weighted by Crippen LogP contribution is -2.23. The molecule has 0 bridgehead atoms. The van der Waals surface area contributed by atoms with Crippen molar-refractivity contribution in [3.8, 4) is 0 Å². The van der Waals surface area contributed by atoms with Crippen LogP contribution in [0, 0.1) is 0 Å². The van der Waals surface area contributed by atoms with E-state index in [1.54, 1.807) is 0 Å². The molecule has 0 aromatic heterocycles. The lowest BCUT2D eigenvalue weighted by molar-refractivity contribution is -0.131. The van der Waals surface area contributed by atoms with E-state index >= 15 is 0 Å². The third kappa shape index (κ3) is 1.59. The second-order valence-electron chi connectivity index (χ2n) is 2.26. The van der Waals surface area contributed by atoms with Gasteiger partial charge in [-0.2, -0.15) is 0 Å². The lowest BCUT2D eigenvalue weighted by atomic mass is 9.97. The molecular weight excluding hydrogens is 123 g/mol. The topological polar surface area (TPSA) is 34.1 Å². The van der Waals surface area contributed by atoms with Gasteiger partial charge < -0.3 is 0 Å². The van der Waals surface area contributed by atoms with E-state index in [1.807, 2.05) is 0 Å². The van der Waals surface area contributed by atoms with E-state index < -0.39 is 6.17 Å². The monoisotopic (exact) mass is 130 g/mol. The van der Waals surface area contributed by atoms with Crippen LogP contribution < -0.4 is 0 Å². The minimum absolute atomic E-state index is 0.0551. The van der Waals surface area contributed by atoms with Gasteiger partial charge in [0.25, 0.3) is 0 Å². The summed E-state index contributed by atoms with van der Waals surface area (Å²) in [7, 11) is 0. The number of ketones is 2. The van der Waals surface area contributed by atoms with Gasteiger partial charge in [0.05, 0.1) is 6.42 Å². The fraction of sp³-hybridized carbons (Fsp3) is 0.667. The van der Waals surface area contributed by atoms with E-state index in [4.69, 9.17) is 0 Å². The highest BCUT2D eigenvalue weighted by molar-refractivity contribution is 6.01. The molecule has 1 aliphatic carbocycles. The summed E-state index contributed by atoms with van der Waals surface area (Å²) in [6, 6.07) is 0. The number of halogens is 1. The fourth-order valence-electron chi connectivity index (χ4n) is 0.930. The number of alkyl halides is 1.